The van der Waals surface area contributed by atoms with Crippen molar-refractivity contribution in [2.45, 2.75) is 19.1 Å². The van der Waals surface area contributed by atoms with E-state index in [0.717, 1.165) is 16.7 Å². The van der Waals surface area contributed by atoms with Crippen molar-refractivity contribution in [2.75, 3.05) is 24.2 Å². The van der Waals surface area contributed by atoms with E-state index in [4.69, 9.17) is 4.74 Å². The number of thioether (sulfide) groups is 2. The molecule has 1 N–H and O–H groups in total. The Labute approximate surface area is 127 Å². The fourth-order valence-corrected chi connectivity index (χ4v) is 3.81. The Bertz CT molecular complexity index is 506. The van der Waals surface area contributed by atoms with Crippen molar-refractivity contribution in [3.8, 4) is 5.75 Å². The van der Waals surface area contributed by atoms with Gasteiger partial charge in [0.1, 0.15) is 10.1 Å². The monoisotopic (exact) mass is 310 g/mol. The predicted molar refractivity (Wildman–Crippen MR) is 88.1 cm³/mol. The molecule has 1 aromatic carbocycles. The van der Waals surface area contributed by atoms with Gasteiger partial charge in [-0.05, 0) is 26.0 Å². The van der Waals surface area contributed by atoms with Gasteiger partial charge >= 0.3 is 0 Å². The van der Waals surface area contributed by atoms with Crippen LogP contribution >= 0.6 is 23.5 Å². The lowest BCUT2D eigenvalue weighted by Crippen LogP contribution is -2.23. The van der Waals surface area contributed by atoms with Gasteiger partial charge in [-0.2, -0.15) is 0 Å². The fourth-order valence-electron chi connectivity index (χ4n) is 1.68. The molecule has 0 saturated carbocycles. The molecule has 0 fully saturated rings. The third-order valence-electron chi connectivity index (χ3n) is 2.65. The molecule has 0 saturated heterocycles. The van der Waals surface area contributed by atoms with Crippen LogP contribution in [0.4, 0.5) is 5.69 Å². The van der Waals surface area contributed by atoms with Crippen LogP contribution in [0, 0.1) is 0 Å². The third-order valence-corrected chi connectivity index (χ3v) is 4.95. The Morgan fingerprint density at radius 3 is 3.05 bits per heavy atom. The number of aliphatic imine (C=N–C) groups is 1. The van der Waals surface area contributed by atoms with Gasteiger partial charge in [0.25, 0.3) is 0 Å². The van der Waals surface area contributed by atoms with Crippen LogP contribution in [0.15, 0.2) is 29.3 Å². The molecule has 108 valence electrons. The van der Waals surface area contributed by atoms with Gasteiger partial charge < -0.3 is 10.1 Å². The average Bonchev–Trinajstić information content (AvgIpc) is 2.94. The molecule has 1 unspecified atom stereocenters. The quantitative estimate of drug-likeness (QED) is 0.907. The van der Waals surface area contributed by atoms with E-state index in [1.165, 1.54) is 11.8 Å². The molecular weight excluding hydrogens is 292 g/mol. The summed E-state index contributed by atoms with van der Waals surface area (Å²) in [6.07, 6.45) is 0. The summed E-state index contributed by atoms with van der Waals surface area (Å²) in [5.74, 6) is 1.69. The Balaban J connectivity index is 1.96. The van der Waals surface area contributed by atoms with Gasteiger partial charge in [0.15, 0.2) is 0 Å². The minimum atomic E-state index is -0.172. The van der Waals surface area contributed by atoms with Crippen LogP contribution in [0.2, 0.25) is 0 Å². The van der Waals surface area contributed by atoms with E-state index in [1.807, 2.05) is 38.1 Å². The normalized spacial score (nSPS) is 15.6. The van der Waals surface area contributed by atoms with Crippen molar-refractivity contribution >= 4 is 39.5 Å². The van der Waals surface area contributed by atoms with Gasteiger partial charge in [0.2, 0.25) is 5.91 Å². The molecule has 1 aliphatic rings. The van der Waals surface area contributed by atoms with E-state index >= 15 is 0 Å². The predicted octanol–water partition coefficient (Wildman–Crippen LogP) is 3.25. The minimum Gasteiger partial charge on any atom is -0.492 e. The highest BCUT2D eigenvalue weighted by Crippen LogP contribution is 2.28. The Kier molecular flexibility index (Phi) is 5.79. The molecule has 0 bridgehead atoms. The maximum atomic E-state index is 12.2. The third kappa shape index (κ3) is 4.18. The summed E-state index contributed by atoms with van der Waals surface area (Å²) in [5.41, 5.74) is 0.716. The second kappa shape index (κ2) is 7.59. The SMILES string of the molecule is CCOc1ccccc1NC(=O)C(C)SC1=NCCS1. The van der Waals surface area contributed by atoms with E-state index < -0.39 is 0 Å². The van der Waals surface area contributed by atoms with Gasteiger partial charge in [0.05, 0.1) is 24.1 Å². The van der Waals surface area contributed by atoms with Crippen molar-refractivity contribution in [1.82, 2.24) is 0 Å². The molecule has 0 aliphatic carbocycles. The molecule has 1 heterocycles. The molecule has 0 aromatic heterocycles. The Morgan fingerprint density at radius 1 is 1.55 bits per heavy atom. The standard InChI is InChI=1S/C14H18N2O2S2/c1-3-18-12-7-5-4-6-11(12)16-13(17)10(2)20-14-15-8-9-19-14/h4-7,10H,3,8-9H2,1-2H3,(H,16,17). The first-order chi connectivity index (χ1) is 9.70. The number of amides is 1. The summed E-state index contributed by atoms with van der Waals surface area (Å²) in [6.45, 7) is 5.25. The highest BCUT2D eigenvalue weighted by Gasteiger charge is 2.19. The zero-order valence-corrected chi connectivity index (χ0v) is 13.2. The van der Waals surface area contributed by atoms with Crippen LogP contribution in [-0.4, -0.2) is 34.4 Å². The molecule has 20 heavy (non-hydrogen) atoms. The van der Waals surface area contributed by atoms with E-state index in [1.54, 1.807) is 11.8 Å². The number of hydrogen-bond acceptors (Lipinski definition) is 5. The van der Waals surface area contributed by atoms with E-state index in [2.05, 4.69) is 10.3 Å². The number of rotatable bonds is 5. The molecule has 6 heteroatoms. The molecule has 4 nitrogen and oxygen atoms in total. The van der Waals surface area contributed by atoms with Gasteiger partial charge in [-0.15, -0.1) is 0 Å². The van der Waals surface area contributed by atoms with E-state index in [0.29, 0.717) is 18.0 Å². The highest BCUT2D eigenvalue weighted by atomic mass is 32.2. The highest BCUT2D eigenvalue weighted by molar-refractivity contribution is 8.39. The minimum absolute atomic E-state index is 0.0302. The number of nitrogens with zero attached hydrogens (tertiary/aromatic N) is 1. The van der Waals surface area contributed by atoms with Crippen molar-refractivity contribution in [3.05, 3.63) is 24.3 Å². The average molecular weight is 310 g/mol. The first-order valence-electron chi connectivity index (χ1n) is 6.57. The van der Waals surface area contributed by atoms with Crippen LogP contribution < -0.4 is 10.1 Å². The van der Waals surface area contributed by atoms with Crippen LogP contribution in [0.25, 0.3) is 0 Å². The fraction of sp³-hybridized carbons (Fsp3) is 0.429. The number of carbonyl (C=O) groups is 1. The Morgan fingerprint density at radius 2 is 2.35 bits per heavy atom. The van der Waals surface area contributed by atoms with Gasteiger partial charge in [-0.3, -0.25) is 9.79 Å². The van der Waals surface area contributed by atoms with Crippen LogP contribution in [0.1, 0.15) is 13.8 Å². The van der Waals surface area contributed by atoms with E-state index in [-0.39, 0.29) is 11.2 Å². The summed E-state index contributed by atoms with van der Waals surface area (Å²) in [5, 5.41) is 2.75. The summed E-state index contributed by atoms with van der Waals surface area (Å²) in [6, 6.07) is 7.48. The summed E-state index contributed by atoms with van der Waals surface area (Å²) < 4.78 is 6.51. The largest absolute Gasteiger partial charge is 0.492 e. The Hall–Kier alpha value is -1.14. The van der Waals surface area contributed by atoms with Gasteiger partial charge in [-0.25, -0.2) is 0 Å². The van der Waals surface area contributed by atoms with Crippen molar-refractivity contribution < 1.29 is 9.53 Å². The van der Waals surface area contributed by atoms with Crippen LogP contribution in [0.3, 0.4) is 0 Å². The maximum absolute atomic E-state index is 12.2. The topological polar surface area (TPSA) is 50.7 Å². The van der Waals surface area contributed by atoms with Crippen molar-refractivity contribution in [2.24, 2.45) is 4.99 Å². The lowest BCUT2D eigenvalue weighted by molar-refractivity contribution is -0.115. The smallest absolute Gasteiger partial charge is 0.237 e. The number of anilines is 1. The first kappa shape index (κ1) is 15.3. The molecule has 1 aromatic rings. The van der Waals surface area contributed by atoms with E-state index in [9.17, 15) is 4.79 Å². The second-order valence-electron chi connectivity index (χ2n) is 4.17. The molecule has 1 amide bonds. The number of ether oxygens (including phenoxy) is 1. The first-order valence-corrected chi connectivity index (χ1v) is 8.44. The number of para-hydroxylation sites is 2. The van der Waals surface area contributed by atoms with Crippen molar-refractivity contribution in [3.63, 3.8) is 0 Å². The summed E-state index contributed by atoms with van der Waals surface area (Å²) in [4.78, 5) is 16.6. The zero-order valence-electron chi connectivity index (χ0n) is 11.6. The molecule has 1 aliphatic heterocycles. The molecule has 0 radical (unpaired) electrons. The number of benzene rings is 1. The van der Waals surface area contributed by atoms with Crippen molar-refractivity contribution in [1.29, 1.82) is 0 Å². The van der Waals surface area contributed by atoms with Gasteiger partial charge in [0, 0.05) is 5.75 Å². The van der Waals surface area contributed by atoms with Crippen LogP contribution in [-0.2, 0) is 4.79 Å². The lowest BCUT2D eigenvalue weighted by atomic mass is 10.3. The second-order valence-corrected chi connectivity index (χ2v) is 6.85. The molecular formula is C14H18N2O2S2. The number of nitrogens with one attached hydrogen (secondary N) is 1. The zero-order chi connectivity index (χ0) is 14.4. The summed E-state index contributed by atoms with van der Waals surface area (Å²) in [7, 11) is 0. The van der Waals surface area contributed by atoms with Crippen LogP contribution in [0.5, 0.6) is 5.75 Å². The molecule has 1 atom stereocenters. The number of carbonyl (C=O) groups excluding carboxylic acids is 1. The number of hydrogen-bond donors (Lipinski definition) is 1. The molecule has 2 rings (SSSR count). The maximum Gasteiger partial charge on any atom is 0.237 e. The lowest BCUT2D eigenvalue weighted by Gasteiger charge is -2.14. The van der Waals surface area contributed by atoms with Gasteiger partial charge in [-0.1, -0.05) is 35.7 Å². The molecule has 0 spiro atoms. The summed E-state index contributed by atoms with van der Waals surface area (Å²) >= 11 is 3.23.